The molecule has 0 saturated heterocycles. The van der Waals surface area contributed by atoms with Crippen molar-refractivity contribution in [2.24, 2.45) is 0 Å². The van der Waals surface area contributed by atoms with Crippen LogP contribution in [-0.4, -0.2) is 0 Å². The molecule has 184 valence electrons. The fourth-order valence-corrected chi connectivity index (χ4v) is 1.000. The molecule has 8 nitrogen and oxygen atoms in total. The Balaban J connectivity index is -0.0000000196. The molecular weight excluding hydrogens is 559 g/mol. The third-order valence-corrected chi connectivity index (χ3v) is 2.41. The van der Waals surface area contributed by atoms with Crippen molar-refractivity contribution in [2.75, 3.05) is 0 Å². The number of unbranched alkanes of at least 4 members (excludes halogenated alkanes) is 8. The maximum absolute atomic E-state index is 7.00. The minimum atomic E-state index is 0. The minimum absolute atomic E-state index is 0. The van der Waals surface area contributed by atoms with Crippen molar-refractivity contribution in [1.82, 2.24) is 0 Å². The van der Waals surface area contributed by atoms with Crippen molar-refractivity contribution in [3.05, 3.63) is 67.4 Å². The fourth-order valence-electron chi connectivity index (χ4n) is 1.000. The summed E-state index contributed by atoms with van der Waals surface area (Å²) in [5.74, 6) is 0. The molecule has 9 heteroatoms. The van der Waals surface area contributed by atoms with E-state index in [4.69, 9.17) is 39.7 Å². The standard InChI is InChI=1S/4C5H11.CH4.Hf.4O2/c4*1-3-5-4-2;;;4*1-2/h4*1,3-5H2,2H3;1H4;;;;;/q4*-1;;+4;;;;. The van der Waals surface area contributed by atoms with E-state index in [1.54, 1.807) is 0 Å². The first kappa shape index (κ1) is 63.0. The molecule has 0 N–H and O–H groups in total. The van der Waals surface area contributed by atoms with E-state index in [0.717, 1.165) is 25.7 Å². The summed E-state index contributed by atoms with van der Waals surface area (Å²) in [6.45, 7) is 23.4. The summed E-state index contributed by atoms with van der Waals surface area (Å²) in [4.78, 5) is 56.0. The van der Waals surface area contributed by atoms with Crippen LogP contribution < -0.4 is 0 Å². The average molecular weight is 607 g/mol. The second kappa shape index (κ2) is 166. The zero-order valence-electron chi connectivity index (χ0n) is 19.1. The van der Waals surface area contributed by atoms with Crippen molar-refractivity contribution >= 4 is 0 Å². The number of hydrogen-bond acceptors (Lipinski definition) is 8. The van der Waals surface area contributed by atoms with Crippen molar-refractivity contribution in [3.8, 4) is 0 Å². The van der Waals surface area contributed by atoms with Crippen molar-refractivity contribution in [3.63, 3.8) is 0 Å². The summed E-state index contributed by atoms with van der Waals surface area (Å²) in [6, 6.07) is 0. The van der Waals surface area contributed by atoms with E-state index in [-0.39, 0.29) is 33.3 Å². The van der Waals surface area contributed by atoms with Crippen molar-refractivity contribution in [1.29, 1.82) is 0 Å². The minimum Gasteiger partial charge on any atom is -0.343 e. The average Bonchev–Trinajstić information content (AvgIpc) is 2.77. The van der Waals surface area contributed by atoms with Gasteiger partial charge >= 0.3 is 25.8 Å². The van der Waals surface area contributed by atoms with Gasteiger partial charge in [0.1, 0.15) is 0 Å². The van der Waals surface area contributed by atoms with Crippen LogP contribution in [0, 0.1) is 67.4 Å². The Kier molecular flexibility index (Phi) is 348. The quantitative estimate of drug-likeness (QED) is 0.197. The van der Waals surface area contributed by atoms with Gasteiger partial charge in [-0.05, 0) is 0 Å². The summed E-state index contributed by atoms with van der Waals surface area (Å²) in [5, 5.41) is 0. The Morgan fingerprint density at radius 1 is 0.400 bits per heavy atom. The molecule has 0 atom stereocenters. The summed E-state index contributed by atoms with van der Waals surface area (Å²) in [5.41, 5.74) is 0. The van der Waals surface area contributed by atoms with Gasteiger partial charge in [-0.25, -0.2) is 0 Å². The van der Waals surface area contributed by atoms with E-state index in [2.05, 4.69) is 55.4 Å². The summed E-state index contributed by atoms with van der Waals surface area (Å²) in [6.07, 6.45) is 14.6. The summed E-state index contributed by atoms with van der Waals surface area (Å²) < 4.78 is 0. The molecule has 0 heterocycles. The van der Waals surface area contributed by atoms with Crippen LogP contribution in [0.2, 0.25) is 0 Å². The topological polar surface area (TPSA) is 137 Å². The molecule has 0 aromatic heterocycles. The predicted molar refractivity (Wildman–Crippen MR) is 133 cm³/mol. The maximum Gasteiger partial charge on any atom is 4.00 e. The Morgan fingerprint density at radius 2 is 0.500 bits per heavy atom. The van der Waals surface area contributed by atoms with E-state index in [1.165, 1.54) is 51.4 Å². The molecule has 0 aliphatic rings. The van der Waals surface area contributed by atoms with Crippen LogP contribution >= 0.6 is 0 Å². The van der Waals surface area contributed by atoms with Gasteiger partial charge in [0, 0.05) is 39.7 Å². The van der Waals surface area contributed by atoms with Gasteiger partial charge in [0.15, 0.2) is 0 Å². The first-order valence-electron chi connectivity index (χ1n) is 9.50. The molecule has 0 saturated carbocycles. The van der Waals surface area contributed by atoms with E-state index in [1.807, 2.05) is 0 Å². The molecule has 0 rings (SSSR count). The van der Waals surface area contributed by atoms with Gasteiger partial charge in [-0.3, -0.25) is 0 Å². The zero-order chi connectivity index (χ0) is 24.5. The molecule has 0 aliphatic heterocycles. The Labute approximate surface area is 205 Å². The number of hydrogen-bond donors (Lipinski definition) is 0. The van der Waals surface area contributed by atoms with Crippen LogP contribution in [0.1, 0.15) is 112 Å². The third-order valence-electron chi connectivity index (χ3n) is 2.41. The van der Waals surface area contributed by atoms with Crippen LogP contribution in [0.25, 0.3) is 0 Å². The molecule has 0 aromatic rings. The monoisotopic (exact) mass is 608 g/mol. The smallest absolute Gasteiger partial charge is 0.343 e. The van der Waals surface area contributed by atoms with Crippen LogP contribution in [0.5, 0.6) is 0 Å². The largest absolute Gasteiger partial charge is 4.00 e. The van der Waals surface area contributed by atoms with E-state index in [9.17, 15) is 0 Å². The molecule has 30 heavy (non-hydrogen) atoms. The first-order chi connectivity index (χ1) is 13.7. The molecule has 0 spiro atoms. The van der Waals surface area contributed by atoms with Crippen molar-refractivity contribution in [2.45, 2.75) is 112 Å². The Morgan fingerprint density at radius 3 is 0.500 bits per heavy atom. The maximum atomic E-state index is 7.00. The SMILES string of the molecule is C.O=O.O=O.O=O.O=O.[CH2-]CCCC.[CH2-]CCCC.[CH2-]CCCC.[CH2-]CCCC.[Hf+4]. The second-order valence-corrected chi connectivity index (χ2v) is 4.83. The predicted octanol–water partition coefficient (Wildman–Crippen LogP) is 8.94. The molecule has 0 aromatic carbocycles. The first-order valence-corrected chi connectivity index (χ1v) is 9.50. The molecule has 0 amide bonds. The van der Waals surface area contributed by atoms with Gasteiger partial charge in [0.25, 0.3) is 0 Å². The van der Waals surface area contributed by atoms with E-state index >= 15 is 0 Å². The molecule has 0 radical (unpaired) electrons. The van der Waals surface area contributed by atoms with Gasteiger partial charge in [-0.2, -0.15) is 25.7 Å². The number of rotatable bonds is 8. The summed E-state index contributed by atoms with van der Waals surface area (Å²) >= 11 is 0. The van der Waals surface area contributed by atoms with E-state index in [0.29, 0.717) is 0 Å². The molecule has 0 aliphatic carbocycles. The normalized spacial score (nSPS) is 6.13. The van der Waals surface area contributed by atoms with Crippen LogP contribution in [0.4, 0.5) is 0 Å². The second-order valence-electron chi connectivity index (χ2n) is 4.83. The van der Waals surface area contributed by atoms with Crippen LogP contribution in [0.3, 0.4) is 0 Å². The molecule has 0 fully saturated rings. The molecular formula is C21H48HfO8. The van der Waals surface area contributed by atoms with Gasteiger partial charge < -0.3 is 27.7 Å². The Hall–Kier alpha value is -0.730. The third kappa shape index (κ3) is 356. The van der Waals surface area contributed by atoms with Crippen LogP contribution in [-0.2, 0) is 25.8 Å². The molecule has 0 unspecified atom stereocenters. The van der Waals surface area contributed by atoms with Crippen molar-refractivity contribution < 1.29 is 25.8 Å². The summed E-state index contributed by atoms with van der Waals surface area (Å²) in [7, 11) is 0. The Bertz CT molecular complexity index is 119. The zero-order valence-corrected chi connectivity index (χ0v) is 22.7. The van der Waals surface area contributed by atoms with Crippen LogP contribution in [0.15, 0.2) is 0 Å². The van der Waals surface area contributed by atoms with Gasteiger partial charge in [0.05, 0.1) is 0 Å². The van der Waals surface area contributed by atoms with Gasteiger partial charge in [0.2, 0.25) is 0 Å². The fraction of sp³-hybridized carbons (Fsp3) is 0.810. The van der Waals surface area contributed by atoms with Gasteiger partial charge in [-0.1, -0.05) is 86.5 Å². The molecule has 0 bridgehead atoms. The van der Waals surface area contributed by atoms with Gasteiger partial charge in [-0.15, -0.1) is 0 Å². The van der Waals surface area contributed by atoms with E-state index < -0.39 is 0 Å².